The summed E-state index contributed by atoms with van der Waals surface area (Å²) in [4.78, 5) is 37.5. The predicted octanol–water partition coefficient (Wildman–Crippen LogP) is 4.90. The molecular weight excluding hydrogens is 637 g/mol. The number of nitro benzene ring substituents is 1. The molecule has 0 spiro atoms. The Morgan fingerprint density at radius 3 is 2.57 bits per heavy atom. The van der Waals surface area contributed by atoms with Crippen LogP contribution in [0.3, 0.4) is 0 Å². The Morgan fingerprint density at radius 1 is 1.29 bits per heavy atom. The van der Waals surface area contributed by atoms with Crippen molar-refractivity contribution in [2.45, 2.75) is 25.3 Å². The molecule has 154 valence electrons. The van der Waals surface area contributed by atoms with E-state index >= 15 is 0 Å². The van der Waals surface area contributed by atoms with E-state index in [1.807, 2.05) is 0 Å². The number of likely N-dealkylation sites (tertiary alicyclic amines) is 1. The maximum absolute atomic E-state index is 13.1. The Morgan fingerprint density at radius 2 is 2.00 bits per heavy atom. The van der Waals surface area contributed by atoms with Gasteiger partial charge in [-0.1, -0.05) is 0 Å². The van der Waals surface area contributed by atoms with Crippen LogP contribution in [-0.2, 0) is 9.53 Å². The fourth-order valence-corrected chi connectivity index (χ4v) is 5.00. The van der Waals surface area contributed by atoms with Crippen molar-refractivity contribution in [1.29, 1.82) is 0 Å². The number of ether oxygens (including phenoxy) is 2. The van der Waals surface area contributed by atoms with Crippen LogP contribution < -0.4 is 8.92 Å². The third-order valence-corrected chi connectivity index (χ3v) is 7.95. The molecule has 0 bridgehead atoms. The lowest BCUT2D eigenvalue weighted by Crippen LogP contribution is -2.48. The number of rotatable bonds is 7. The zero-order chi connectivity index (χ0) is 20.8. The topological polar surface area (TPSA) is 108 Å². The van der Waals surface area contributed by atoms with E-state index in [2.05, 4.69) is 44.1 Å². The maximum atomic E-state index is 13.1. The summed E-state index contributed by atoms with van der Waals surface area (Å²) in [6.45, 7) is 0.320. The van der Waals surface area contributed by atoms with Crippen LogP contribution in [0.25, 0.3) is 0 Å². The van der Waals surface area contributed by atoms with Gasteiger partial charge < -0.3 is 18.6 Å². The van der Waals surface area contributed by atoms with Crippen LogP contribution >= 0.6 is 58.2 Å². The molecule has 9 nitrogen and oxygen atoms in total. The van der Waals surface area contributed by atoms with Crippen molar-refractivity contribution in [2.24, 2.45) is 0 Å². The van der Waals surface area contributed by atoms with E-state index in [9.17, 15) is 19.7 Å². The van der Waals surface area contributed by atoms with Gasteiger partial charge in [-0.25, -0.2) is 4.79 Å². The van der Waals surface area contributed by atoms with Gasteiger partial charge in [-0.3, -0.25) is 14.9 Å². The number of amides is 1. The van der Waals surface area contributed by atoms with Crippen molar-refractivity contribution >= 4 is 75.7 Å². The highest BCUT2D eigenvalue weighted by molar-refractivity contribution is 14.3. The number of piperidine rings is 1. The largest absolute Gasteiger partial charge is 0.493 e. The van der Waals surface area contributed by atoms with Crippen LogP contribution in [0.5, 0.6) is 11.5 Å². The van der Waals surface area contributed by atoms with Gasteiger partial charge in [0.2, 0.25) is 0 Å². The zero-order valence-corrected chi connectivity index (χ0v) is 20.9. The Balaban J connectivity index is 2.45. The minimum atomic E-state index is -0.759. The lowest BCUT2D eigenvalue weighted by Gasteiger charge is -2.33. The number of carbonyl (C=O) groups is 2. The number of halogens is 2. The van der Waals surface area contributed by atoms with Crippen molar-refractivity contribution < 1.29 is 28.2 Å². The summed E-state index contributed by atoms with van der Waals surface area (Å²) in [5.41, 5.74) is -0.553. The number of esters is 1. The normalized spacial score (nSPS) is 16.6. The van der Waals surface area contributed by atoms with Crippen LogP contribution in [0.1, 0.15) is 29.6 Å². The standard InChI is InChI=1S/C15H17I2N2O7PS/c1-24-12-7-9(11(19(22)23)8-13(12)26-28-27(16)17)14(20)18-6-4-3-5-10(18)15(21)25-2/h7-8,10H,3-6H2,1-2H3/t10-/m0/s1. The molecule has 1 aromatic carbocycles. The first kappa shape index (κ1) is 23.7. The second-order valence-corrected chi connectivity index (χ2v) is 23.2. The van der Waals surface area contributed by atoms with Gasteiger partial charge in [0, 0.05) is 12.6 Å². The second kappa shape index (κ2) is 11.0. The van der Waals surface area contributed by atoms with Gasteiger partial charge in [-0.15, -0.1) is 0 Å². The molecule has 0 aliphatic carbocycles. The van der Waals surface area contributed by atoms with E-state index in [1.165, 1.54) is 31.3 Å². The molecule has 0 aromatic heterocycles. The monoisotopic (exact) mass is 654 g/mol. The SMILES string of the molecule is COC(=O)[C@@H]1CCCCN1C(=O)c1cc(OC)c(OSP(I)I)cc1[N+](=O)[O-]. The van der Waals surface area contributed by atoms with Crippen molar-refractivity contribution in [3.8, 4) is 11.5 Å². The van der Waals surface area contributed by atoms with E-state index < -0.39 is 30.9 Å². The van der Waals surface area contributed by atoms with E-state index in [4.69, 9.17) is 13.7 Å². The predicted molar refractivity (Wildman–Crippen MR) is 124 cm³/mol. The van der Waals surface area contributed by atoms with Crippen molar-refractivity contribution in [3.05, 3.63) is 27.8 Å². The molecule has 1 amide bonds. The molecule has 2 rings (SSSR count). The smallest absolute Gasteiger partial charge is 0.328 e. The lowest BCUT2D eigenvalue weighted by molar-refractivity contribution is -0.385. The molecule has 0 unspecified atom stereocenters. The van der Waals surface area contributed by atoms with Crippen LogP contribution in [0.2, 0.25) is 0 Å². The van der Waals surface area contributed by atoms with E-state index in [0.717, 1.165) is 18.1 Å². The molecule has 13 heteroatoms. The molecule has 28 heavy (non-hydrogen) atoms. The highest BCUT2D eigenvalue weighted by Crippen LogP contribution is 2.65. The number of hydrogen-bond acceptors (Lipinski definition) is 8. The number of methoxy groups -OCH3 is 2. The Kier molecular flexibility index (Phi) is 9.28. The summed E-state index contributed by atoms with van der Waals surface area (Å²) in [5.74, 6) is -0.765. The van der Waals surface area contributed by atoms with Gasteiger partial charge in [0.15, 0.2) is 11.5 Å². The number of nitro groups is 1. The van der Waals surface area contributed by atoms with E-state index in [-0.39, 0.29) is 17.1 Å². The quantitative estimate of drug-likeness (QED) is 0.102. The molecule has 0 saturated carbocycles. The number of carbonyl (C=O) groups excluding carboxylic acids is 2. The molecule has 1 heterocycles. The first-order valence-corrected chi connectivity index (χ1v) is 16.3. The van der Waals surface area contributed by atoms with Crippen LogP contribution in [0.15, 0.2) is 12.1 Å². The summed E-state index contributed by atoms with van der Waals surface area (Å²) in [6.07, 6.45) is 1.93. The first-order valence-electron chi connectivity index (χ1n) is 8.01. The summed E-state index contributed by atoms with van der Waals surface area (Å²) < 4.78 is 15.1. The molecule has 0 radical (unpaired) electrons. The van der Waals surface area contributed by atoms with Crippen molar-refractivity contribution in [1.82, 2.24) is 4.90 Å². The van der Waals surface area contributed by atoms with Crippen molar-refractivity contribution in [2.75, 3.05) is 20.8 Å². The molecule has 1 aliphatic heterocycles. The molecule has 0 N–H and O–H groups in total. The average Bonchev–Trinajstić information content (AvgIpc) is 2.70. The highest BCUT2D eigenvalue weighted by atomic mass is 127. The summed E-state index contributed by atoms with van der Waals surface area (Å²) in [5, 5.41) is 11.6. The molecule has 1 aliphatic rings. The van der Waals surface area contributed by atoms with E-state index in [1.54, 1.807) is 0 Å². The first-order chi connectivity index (χ1) is 13.3. The number of hydrogen-bond donors (Lipinski definition) is 0. The average molecular weight is 654 g/mol. The Bertz CT molecular complexity index is 768. The van der Waals surface area contributed by atoms with Gasteiger partial charge in [0.25, 0.3) is 11.6 Å². The summed E-state index contributed by atoms with van der Waals surface area (Å²) in [6, 6.07) is 1.72. The lowest BCUT2D eigenvalue weighted by atomic mass is 10.00. The molecule has 1 aromatic rings. The Labute approximate surface area is 193 Å². The van der Waals surface area contributed by atoms with Gasteiger partial charge >= 0.3 is 5.97 Å². The van der Waals surface area contributed by atoms with Crippen molar-refractivity contribution in [3.63, 3.8) is 0 Å². The summed E-state index contributed by atoms with van der Waals surface area (Å²) >= 11 is 5.53. The summed E-state index contributed by atoms with van der Waals surface area (Å²) in [7, 11) is 2.64. The molecule has 1 atom stereocenters. The van der Waals surface area contributed by atoms with Crippen LogP contribution in [0, 0.1) is 10.1 Å². The van der Waals surface area contributed by atoms with E-state index in [0.29, 0.717) is 19.4 Å². The third kappa shape index (κ3) is 5.72. The maximum Gasteiger partial charge on any atom is 0.328 e. The van der Waals surface area contributed by atoms with Gasteiger partial charge in [0.1, 0.15) is 25.7 Å². The minimum Gasteiger partial charge on any atom is -0.493 e. The van der Waals surface area contributed by atoms with Gasteiger partial charge in [0.05, 0.1) is 25.2 Å². The fourth-order valence-electron chi connectivity index (χ4n) is 2.87. The Hall–Kier alpha value is -0.600. The van der Waals surface area contributed by atoms with Gasteiger partial charge in [-0.05, 0) is 63.3 Å². The molecule has 1 fully saturated rings. The minimum absolute atomic E-state index is 0.152. The van der Waals surface area contributed by atoms with Gasteiger partial charge in [-0.2, -0.15) is 0 Å². The fraction of sp³-hybridized carbons (Fsp3) is 0.467. The molecule has 1 saturated heterocycles. The number of benzene rings is 1. The highest BCUT2D eigenvalue weighted by Gasteiger charge is 2.36. The molecular formula is C15H17I2N2O7PS. The van der Waals surface area contributed by atoms with Crippen LogP contribution in [0.4, 0.5) is 5.69 Å². The van der Waals surface area contributed by atoms with Crippen LogP contribution in [-0.4, -0.2) is 48.5 Å². The zero-order valence-electron chi connectivity index (χ0n) is 14.9. The second-order valence-electron chi connectivity index (χ2n) is 5.67. The number of nitrogens with zero attached hydrogens (tertiary/aromatic N) is 2. The third-order valence-electron chi connectivity index (χ3n) is 4.13.